The van der Waals surface area contributed by atoms with Crippen LogP contribution in [0.15, 0.2) is 61.3 Å². The first-order chi connectivity index (χ1) is 14.7. The zero-order chi connectivity index (χ0) is 20.2. The van der Waals surface area contributed by atoms with E-state index in [1.807, 2.05) is 46.1 Å². The number of H-pyrrole nitrogens is 1. The number of amides is 1. The highest BCUT2D eigenvalue weighted by molar-refractivity contribution is 6.01. The number of carbonyl (C=O) groups excluding carboxylic acids is 1. The van der Waals surface area contributed by atoms with Crippen molar-refractivity contribution in [2.75, 3.05) is 6.54 Å². The molecule has 1 N–H and O–H groups in total. The Hall–Kier alpha value is -3.94. The predicted octanol–water partition coefficient (Wildman–Crippen LogP) is 2.80. The van der Waals surface area contributed by atoms with Gasteiger partial charge in [-0.2, -0.15) is 10.2 Å². The Bertz CT molecular complexity index is 1410. The van der Waals surface area contributed by atoms with Crippen LogP contribution in [0.3, 0.4) is 0 Å². The second kappa shape index (κ2) is 6.28. The lowest BCUT2D eigenvalue weighted by Crippen LogP contribution is -2.41. The second-order valence-electron chi connectivity index (χ2n) is 7.60. The van der Waals surface area contributed by atoms with E-state index in [4.69, 9.17) is 5.10 Å². The van der Waals surface area contributed by atoms with Gasteiger partial charge in [-0.3, -0.25) is 4.79 Å². The zero-order valence-electron chi connectivity index (χ0n) is 16.4. The van der Waals surface area contributed by atoms with E-state index in [-0.39, 0.29) is 11.9 Å². The number of nitrogens with zero attached hydrogens (tertiary/aromatic N) is 6. The molecule has 0 aliphatic carbocycles. The van der Waals surface area contributed by atoms with Gasteiger partial charge in [-0.15, -0.1) is 0 Å². The topological polar surface area (TPSA) is 83.6 Å². The van der Waals surface area contributed by atoms with Crippen molar-refractivity contribution < 1.29 is 4.79 Å². The molecule has 6 rings (SSSR count). The van der Waals surface area contributed by atoms with E-state index in [0.29, 0.717) is 12.1 Å². The molecule has 5 aromatic rings. The number of fused-ring (bicyclic) bond motifs is 3. The number of imidazole rings is 1. The van der Waals surface area contributed by atoms with Crippen molar-refractivity contribution in [2.45, 2.75) is 19.4 Å². The molecule has 0 spiro atoms. The van der Waals surface area contributed by atoms with Crippen LogP contribution >= 0.6 is 0 Å². The largest absolute Gasteiger partial charge is 0.348 e. The van der Waals surface area contributed by atoms with Gasteiger partial charge in [0, 0.05) is 31.1 Å². The van der Waals surface area contributed by atoms with Gasteiger partial charge in [0.1, 0.15) is 6.04 Å². The number of aryl methyl sites for hydroxylation is 1. The van der Waals surface area contributed by atoms with Crippen LogP contribution in [-0.4, -0.2) is 46.5 Å². The lowest BCUT2D eigenvalue weighted by molar-refractivity contribution is 0.0689. The maximum absolute atomic E-state index is 13.7. The van der Waals surface area contributed by atoms with E-state index in [0.717, 1.165) is 40.1 Å². The van der Waals surface area contributed by atoms with Crippen LogP contribution in [0.4, 0.5) is 0 Å². The van der Waals surface area contributed by atoms with Crippen molar-refractivity contribution >= 4 is 16.9 Å². The molecule has 8 nitrogen and oxygen atoms in total. The summed E-state index contributed by atoms with van der Waals surface area (Å²) in [6, 6.07) is 11.5. The monoisotopic (exact) mass is 397 g/mol. The molecule has 1 aliphatic heterocycles. The van der Waals surface area contributed by atoms with Crippen molar-refractivity contribution in [3.8, 4) is 0 Å². The summed E-state index contributed by atoms with van der Waals surface area (Å²) in [7, 11) is 0. The van der Waals surface area contributed by atoms with Gasteiger partial charge in [0.25, 0.3) is 5.91 Å². The maximum atomic E-state index is 13.7. The highest BCUT2D eigenvalue weighted by Gasteiger charge is 2.37. The van der Waals surface area contributed by atoms with Gasteiger partial charge in [-0.25, -0.2) is 14.0 Å². The first kappa shape index (κ1) is 17.0. The summed E-state index contributed by atoms with van der Waals surface area (Å²) in [5.41, 5.74) is 6.25. The third kappa shape index (κ3) is 2.40. The third-order valence-electron chi connectivity index (χ3n) is 5.86. The Morgan fingerprint density at radius 2 is 2.03 bits per heavy atom. The average Bonchev–Trinajstić information content (AvgIpc) is 3.50. The molecule has 0 bridgehead atoms. The standard InChI is InChI=1S/C22H19N7O/c1-14-5-4-9-29-19(14)11-17(26-29)21-20-16(23-13-24-20)7-10-27(21)22(30)15-12-25-28-8-3-2-6-18(15)28/h2-6,8-9,11-13,21H,7,10H2,1H3,(H,23,24). The second-order valence-corrected chi connectivity index (χ2v) is 7.60. The first-order valence-corrected chi connectivity index (χ1v) is 9.91. The third-order valence-corrected chi connectivity index (χ3v) is 5.86. The molecule has 8 heteroatoms. The van der Waals surface area contributed by atoms with Gasteiger partial charge in [0.2, 0.25) is 0 Å². The Morgan fingerprint density at radius 1 is 1.13 bits per heavy atom. The molecule has 1 unspecified atom stereocenters. The average molecular weight is 397 g/mol. The van der Waals surface area contributed by atoms with E-state index in [1.54, 1.807) is 17.0 Å². The number of rotatable bonds is 2. The fourth-order valence-electron chi connectivity index (χ4n) is 4.36. The SMILES string of the molecule is Cc1cccn2nc(C3c4nc[nH]c4CCN3C(=O)c3cnn4ccccc34)cc12. The summed E-state index contributed by atoms with van der Waals surface area (Å²) < 4.78 is 3.59. The van der Waals surface area contributed by atoms with Crippen molar-refractivity contribution in [1.29, 1.82) is 0 Å². The summed E-state index contributed by atoms with van der Waals surface area (Å²) in [4.78, 5) is 23.3. The molecule has 0 aromatic carbocycles. The molecule has 1 aliphatic rings. The molecule has 0 radical (unpaired) electrons. The molecule has 30 heavy (non-hydrogen) atoms. The Labute approximate surface area is 171 Å². The Kier molecular flexibility index (Phi) is 3.55. The molecule has 0 saturated carbocycles. The summed E-state index contributed by atoms with van der Waals surface area (Å²) in [5.74, 6) is -0.0661. The van der Waals surface area contributed by atoms with Crippen LogP contribution in [0, 0.1) is 6.92 Å². The quantitative estimate of drug-likeness (QED) is 0.496. The van der Waals surface area contributed by atoms with Gasteiger partial charge in [0.15, 0.2) is 0 Å². The molecular weight excluding hydrogens is 378 g/mol. The lowest BCUT2D eigenvalue weighted by atomic mass is 9.98. The van der Waals surface area contributed by atoms with Crippen LogP contribution in [0.5, 0.6) is 0 Å². The minimum absolute atomic E-state index is 0.0661. The molecule has 0 saturated heterocycles. The molecule has 148 valence electrons. The van der Waals surface area contributed by atoms with E-state index < -0.39 is 0 Å². The summed E-state index contributed by atoms with van der Waals surface area (Å²) in [6.07, 6.45) is 7.84. The molecule has 5 aromatic heterocycles. The highest BCUT2D eigenvalue weighted by Crippen LogP contribution is 2.35. The van der Waals surface area contributed by atoms with E-state index in [2.05, 4.69) is 34.1 Å². The molecule has 1 atom stereocenters. The van der Waals surface area contributed by atoms with E-state index in [1.165, 1.54) is 0 Å². The van der Waals surface area contributed by atoms with Crippen LogP contribution in [0.25, 0.3) is 11.0 Å². The number of aromatic amines is 1. The van der Waals surface area contributed by atoms with Crippen molar-refractivity contribution in [3.05, 3.63) is 89.5 Å². The van der Waals surface area contributed by atoms with E-state index >= 15 is 0 Å². The lowest BCUT2D eigenvalue weighted by Gasteiger charge is -2.33. The predicted molar refractivity (Wildman–Crippen MR) is 110 cm³/mol. The summed E-state index contributed by atoms with van der Waals surface area (Å²) in [5, 5.41) is 9.14. The fourth-order valence-corrected chi connectivity index (χ4v) is 4.36. The van der Waals surface area contributed by atoms with Crippen LogP contribution in [0.2, 0.25) is 0 Å². The Morgan fingerprint density at radius 3 is 2.93 bits per heavy atom. The van der Waals surface area contributed by atoms with E-state index in [9.17, 15) is 4.79 Å². The van der Waals surface area contributed by atoms with Gasteiger partial charge in [-0.05, 0) is 36.8 Å². The van der Waals surface area contributed by atoms with Crippen LogP contribution in [0.1, 0.15) is 39.0 Å². The molecule has 1 amide bonds. The number of hydrogen-bond donors (Lipinski definition) is 1. The number of aromatic nitrogens is 6. The highest BCUT2D eigenvalue weighted by atomic mass is 16.2. The fraction of sp³-hybridized carbons (Fsp3) is 0.182. The molecule has 0 fully saturated rings. The van der Waals surface area contributed by atoms with Gasteiger partial charge >= 0.3 is 0 Å². The minimum Gasteiger partial charge on any atom is -0.348 e. The van der Waals surface area contributed by atoms with Gasteiger partial charge in [0.05, 0.1) is 40.5 Å². The smallest absolute Gasteiger partial charge is 0.258 e. The van der Waals surface area contributed by atoms with Crippen molar-refractivity contribution in [2.24, 2.45) is 0 Å². The van der Waals surface area contributed by atoms with Gasteiger partial charge in [-0.1, -0.05) is 12.1 Å². The summed E-state index contributed by atoms with van der Waals surface area (Å²) in [6.45, 7) is 2.64. The number of pyridine rings is 2. The normalized spacial score (nSPS) is 16.3. The molecule has 6 heterocycles. The molecular formula is C22H19N7O. The number of hydrogen-bond acceptors (Lipinski definition) is 4. The number of nitrogens with one attached hydrogen (secondary N) is 1. The maximum Gasteiger partial charge on any atom is 0.258 e. The van der Waals surface area contributed by atoms with Crippen molar-refractivity contribution in [3.63, 3.8) is 0 Å². The Balaban J connectivity index is 1.50. The first-order valence-electron chi connectivity index (χ1n) is 9.91. The van der Waals surface area contributed by atoms with Crippen LogP contribution in [-0.2, 0) is 6.42 Å². The van der Waals surface area contributed by atoms with Crippen LogP contribution < -0.4 is 0 Å². The summed E-state index contributed by atoms with van der Waals surface area (Å²) >= 11 is 0. The number of carbonyl (C=O) groups is 1. The van der Waals surface area contributed by atoms with Gasteiger partial charge < -0.3 is 9.88 Å². The minimum atomic E-state index is -0.356. The zero-order valence-corrected chi connectivity index (χ0v) is 16.4. The van der Waals surface area contributed by atoms with Crippen molar-refractivity contribution in [1.82, 2.24) is 34.1 Å².